The Labute approximate surface area is 132 Å². The van der Waals surface area contributed by atoms with Crippen LogP contribution in [0.3, 0.4) is 0 Å². The Bertz CT molecular complexity index is 747. The second kappa shape index (κ2) is 5.07. The summed E-state index contributed by atoms with van der Waals surface area (Å²) in [6.45, 7) is 0. The van der Waals surface area contributed by atoms with Crippen molar-refractivity contribution in [1.29, 1.82) is 0 Å². The Balaban J connectivity index is 1.89. The van der Waals surface area contributed by atoms with Gasteiger partial charge in [0.15, 0.2) is 3.95 Å². The fourth-order valence-corrected chi connectivity index (χ4v) is 5.00. The summed E-state index contributed by atoms with van der Waals surface area (Å²) in [5, 5.41) is 3.11. The number of aromatic nitrogens is 1. The van der Waals surface area contributed by atoms with Crippen molar-refractivity contribution in [3.8, 4) is 10.4 Å². The van der Waals surface area contributed by atoms with Crippen molar-refractivity contribution >= 4 is 35.3 Å². The molecule has 1 fully saturated rings. The van der Waals surface area contributed by atoms with Crippen molar-refractivity contribution in [2.45, 2.75) is 31.7 Å². The number of fused-ring (bicyclic) bond motifs is 3. The van der Waals surface area contributed by atoms with Gasteiger partial charge in [0.1, 0.15) is 5.82 Å². The molecular formula is C16H16N2OS2. The van der Waals surface area contributed by atoms with Gasteiger partial charge >= 0.3 is 0 Å². The first-order valence-corrected chi connectivity index (χ1v) is 8.60. The van der Waals surface area contributed by atoms with Crippen LogP contribution in [0.15, 0.2) is 30.3 Å². The van der Waals surface area contributed by atoms with E-state index in [1.54, 1.807) is 11.3 Å². The smallest absolute Gasteiger partial charge is 0.230 e. The topological polar surface area (TPSA) is 34.0 Å². The summed E-state index contributed by atoms with van der Waals surface area (Å²) in [5.41, 5.74) is 1.12. The van der Waals surface area contributed by atoms with Crippen molar-refractivity contribution in [3.63, 3.8) is 0 Å². The molecule has 21 heavy (non-hydrogen) atoms. The van der Waals surface area contributed by atoms with Gasteiger partial charge in [-0.15, -0.1) is 11.3 Å². The van der Waals surface area contributed by atoms with E-state index < -0.39 is 0 Å². The summed E-state index contributed by atoms with van der Waals surface area (Å²) in [5.74, 6) is 1.17. The van der Waals surface area contributed by atoms with Gasteiger partial charge in [-0.2, -0.15) is 0 Å². The monoisotopic (exact) mass is 316 g/mol. The lowest BCUT2D eigenvalue weighted by atomic mass is 9.82. The molecule has 2 aliphatic rings. The van der Waals surface area contributed by atoms with E-state index in [9.17, 15) is 4.79 Å². The third-order valence-corrected chi connectivity index (χ3v) is 5.97. The number of thiazole rings is 1. The maximum Gasteiger partial charge on any atom is 0.230 e. The highest BCUT2D eigenvalue weighted by molar-refractivity contribution is 7.73. The maximum absolute atomic E-state index is 12.4. The van der Waals surface area contributed by atoms with E-state index in [2.05, 4.69) is 22.0 Å². The van der Waals surface area contributed by atoms with Gasteiger partial charge in [0.25, 0.3) is 0 Å². The molecule has 2 atom stereocenters. The average molecular weight is 316 g/mol. The lowest BCUT2D eigenvalue weighted by Gasteiger charge is -2.36. The molecule has 0 bridgehead atoms. The van der Waals surface area contributed by atoms with Crippen LogP contribution in [0, 0.1) is 9.87 Å². The van der Waals surface area contributed by atoms with Crippen molar-refractivity contribution in [1.82, 2.24) is 4.57 Å². The Morgan fingerprint density at radius 2 is 1.95 bits per heavy atom. The van der Waals surface area contributed by atoms with E-state index in [4.69, 9.17) is 12.2 Å². The molecule has 1 aliphatic heterocycles. The summed E-state index contributed by atoms with van der Waals surface area (Å²) in [4.78, 5) is 13.5. The molecule has 2 heterocycles. The third kappa shape index (κ3) is 2.07. The normalized spacial score (nSPS) is 24.1. The number of benzene rings is 1. The predicted molar refractivity (Wildman–Crippen MR) is 88.2 cm³/mol. The molecule has 0 radical (unpaired) electrons. The molecule has 108 valence electrons. The molecule has 2 aromatic rings. The average Bonchev–Trinajstić information content (AvgIpc) is 2.85. The number of anilines is 1. The van der Waals surface area contributed by atoms with Gasteiger partial charge in [-0.1, -0.05) is 43.2 Å². The number of nitrogens with zero attached hydrogens (tertiary/aromatic N) is 1. The molecule has 1 aromatic heterocycles. The molecule has 3 nitrogen and oxygen atoms in total. The first-order valence-electron chi connectivity index (χ1n) is 7.37. The van der Waals surface area contributed by atoms with Crippen LogP contribution >= 0.6 is 23.6 Å². The molecule has 1 saturated carbocycles. The number of nitrogens with one attached hydrogen (secondary N) is 1. The zero-order valence-corrected chi connectivity index (χ0v) is 13.2. The van der Waals surface area contributed by atoms with E-state index in [-0.39, 0.29) is 17.9 Å². The number of carbonyl (C=O) groups excluding carboxylic acids is 1. The number of rotatable bonds is 1. The maximum atomic E-state index is 12.4. The molecule has 1 aromatic carbocycles. The Morgan fingerprint density at radius 1 is 1.19 bits per heavy atom. The summed E-state index contributed by atoms with van der Waals surface area (Å²) in [7, 11) is 0. The molecule has 5 heteroatoms. The second-order valence-electron chi connectivity index (χ2n) is 5.73. The highest BCUT2D eigenvalue weighted by Gasteiger charge is 2.39. The molecule has 0 saturated heterocycles. The molecule has 0 spiro atoms. The second-order valence-corrected chi connectivity index (χ2v) is 7.37. The Hall–Kier alpha value is -1.46. The first-order chi connectivity index (χ1) is 10.3. The van der Waals surface area contributed by atoms with E-state index >= 15 is 0 Å². The van der Waals surface area contributed by atoms with Gasteiger partial charge in [-0.3, -0.25) is 4.79 Å². The number of hydrogen-bond acceptors (Lipinski definition) is 3. The van der Waals surface area contributed by atoms with E-state index in [1.807, 2.05) is 18.2 Å². The van der Waals surface area contributed by atoms with Crippen LogP contribution in [-0.4, -0.2) is 10.5 Å². The van der Waals surface area contributed by atoms with E-state index in [0.29, 0.717) is 0 Å². The van der Waals surface area contributed by atoms with Crippen LogP contribution in [0.4, 0.5) is 5.82 Å². The van der Waals surface area contributed by atoms with E-state index in [1.165, 1.54) is 6.42 Å². The minimum Gasteiger partial charge on any atom is -0.311 e. The summed E-state index contributed by atoms with van der Waals surface area (Å²) in [6.07, 6.45) is 4.37. The fraction of sp³-hybridized carbons (Fsp3) is 0.375. The number of carbonyl (C=O) groups is 1. The molecular weight excluding hydrogens is 300 g/mol. The summed E-state index contributed by atoms with van der Waals surface area (Å²) >= 11 is 7.20. The molecule has 1 aliphatic carbocycles. The highest BCUT2D eigenvalue weighted by atomic mass is 32.1. The van der Waals surface area contributed by atoms with Crippen LogP contribution in [0.25, 0.3) is 10.4 Å². The number of hydrogen-bond donors (Lipinski definition) is 1. The molecule has 2 unspecified atom stereocenters. The van der Waals surface area contributed by atoms with Gasteiger partial charge in [-0.05, 0) is 30.6 Å². The summed E-state index contributed by atoms with van der Waals surface area (Å²) in [6, 6.07) is 10.4. The minimum atomic E-state index is 0.0937. The summed E-state index contributed by atoms with van der Waals surface area (Å²) < 4.78 is 3.08. The van der Waals surface area contributed by atoms with Gasteiger partial charge in [0.05, 0.1) is 10.8 Å². The van der Waals surface area contributed by atoms with Crippen LogP contribution in [0.2, 0.25) is 0 Å². The van der Waals surface area contributed by atoms with E-state index in [0.717, 1.165) is 39.5 Å². The Kier molecular flexibility index (Phi) is 3.19. The molecule has 1 N–H and O–H groups in total. The SMILES string of the molecule is O=C1Nc2c(-c3ccccc3)sc(=S)n2C2CCCCC12. The lowest BCUT2D eigenvalue weighted by molar-refractivity contribution is -0.123. The predicted octanol–water partition coefficient (Wildman–Crippen LogP) is 4.63. The Morgan fingerprint density at radius 3 is 2.76 bits per heavy atom. The highest BCUT2D eigenvalue weighted by Crippen LogP contribution is 2.46. The van der Waals surface area contributed by atoms with Crippen LogP contribution < -0.4 is 5.32 Å². The molecule has 1 amide bonds. The van der Waals surface area contributed by atoms with Gasteiger partial charge in [-0.25, -0.2) is 0 Å². The van der Waals surface area contributed by atoms with Crippen molar-refractivity contribution in [2.24, 2.45) is 5.92 Å². The minimum absolute atomic E-state index is 0.0937. The lowest BCUT2D eigenvalue weighted by Crippen LogP contribution is -2.39. The van der Waals surface area contributed by atoms with Gasteiger partial charge < -0.3 is 9.88 Å². The fourth-order valence-electron chi connectivity index (χ4n) is 3.52. The zero-order valence-electron chi connectivity index (χ0n) is 11.5. The van der Waals surface area contributed by atoms with Crippen molar-refractivity contribution in [3.05, 3.63) is 34.3 Å². The number of amides is 1. The standard InChI is InChI=1S/C16H16N2OS2/c19-15-11-8-4-5-9-12(11)18-14(17-15)13(21-16(18)20)10-6-2-1-3-7-10/h1-3,6-7,11-12H,4-5,8-9H2,(H,17,19). The van der Waals surface area contributed by atoms with Crippen LogP contribution in [0.1, 0.15) is 31.7 Å². The third-order valence-electron chi connectivity index (χ3n) is 4.52. The largest absolute Gasteiger partial charge is 0.311 e. The first kappa shape index (κ1) is 13.2. The zero-order chi connectivity index (χ0) is 14.4. The van der Waals surface area contributed by atoms with Crippen molar-refractivity contribution < 1.29 is 4.79 Å². The van der Waals surface area contributed by atoms with Gasteiger partial charge in [0.2, 0.25) is 5.91 Å². The van der Waals surface area contributed by atoms with Gasteiger partial charge in [0, 0.05) is 6.04 Å². The van der Waals surface area contributed by atoms with Crippen LogP contribution in [0.5, 0.6) is 0 Å². The van der Waals surface area contributed by atoms with Crippen molar-refractivity contribution in [2.75, 3.05) is 5.32 Å². The molecule has 4 rings (SSSR count). The quantitative estimate of drug-likeness (QED) is 0.778. The van der Waals surface area contributed by atoms with Crippen LogP contribution in [-0.2, 0) is 4.79 Å².